The standard InChI is InChI=1S/C10H13N3O2/c1-7(2)15-10(14)13-4-8-3-11-6-12-9(8)5-13/h3,6-7H,4-5H2,1-2H3. The van der Waals surface area contributed by atoms with Crippen LogP contribution in [0.1, 0.15) is 25.1 Å². The zero-order valence-corrected chi connectivity index (χ0v) is 8.80. The third kappa shape index (κ3) is 2.06. The van der Waals surface area contributed by atoms with Crippen molar-refractivity contribution in [2.45, 2.75) is 33.0 Å². The van der Waals surface area contributed by atoms with Gasteiger partial charge in [0.25, 0.3) is 0 Å². The van der Waals surface area contributed by atoms with E-state index in [0.717, 1.165) is 11.3 Å². The lowest BCUT2D eigenvalue weighted by atomic mass is 10.3. The second-order valence-corrected chi connectivity index (χ2v) is 3.78. The van der Waals surface area contributed by atoms with Gasteiger partial charge in [-0.25, -0.2) is 14.8 Å². The highest BCUT2D eigenvalue weighted by Gasteiger charge is 2.25. The van der Waals surface area contributed by atoms with Gasteiger partial charge in [0.2, 0.25) is 0 Å². The molecule has 0 saturated heterocycles. The van der Waals surface area contributed by atoms with Crippen LogP contribution >= 0.6 is 0 Å². The van der Waals surface area contributed by atoms with E-state index in [1.165, 1.54) is 6.33 Å². The van der Waals surface area contributed by atoms with E-state index in [1.54, 1.807) is 11.1 Å². The average molecular weight is 207 g/mol. The minimum absolute atomic E-state index is 0.0905. The number of rotatable bonds is 1. The van der Waals surface area contributed by atoms with E-state index in [0.29, 0.717) is 13.1 Å². The van der Waals surface area contributed by atoms with E-state index in [2.05, 4.69) is 9.97 Å². The highest BCUT2D eigenvalue weighted by molar-refractivity contribution is 5.68. The second kappa shape index (κ2) is 3.84. The Labute approximate surface area is 88.1 Å². The van der Waals surface area contributed by atoms with Crippen molar-refractivity contribution in [3.63, 3.8) is 0 Å². The summed E-state index contributed by atoms with van der Waals surface area (Å²) in [5, 5.41) is 0. The maximum Gasteiger partial charge on any atom is 0.410 e. The fraction of sp³-hybridized carbons (Fsp3) is 0.500. The largest absolute Gasteiger partial charge is 0.447 e. The molecule has 2 rings (SSSR count). The predicted octanol–water partition coefficient (Wildman–Crippen LogP) is 1.34. The summed E-state index contributed by atoms with van der Waals surface area (Å²) in [6, 6.07) is 0. The molecule has 1 aliphatic heterocycles. The fourth-order valence-electron chi connectivity index (χ4n) is 1.51. The summed E-state index contributed by atoms with van der Waals surface area (Å²) < 4.78 is 5.10. The van der Waals surface area contributed by atoms with Crippen LogP contribution in [0.5, 0.6) is 0 Å². The van der Waals surface area contributed by atoms with Gasteiger partial charge in [0, 0.05) is 11.8 Å². The van der Waals surface area contributed by atoms with E-state index in [9.17, 15) is 4.79 Å². The Morgan fingerprint density at radius 2 is 2.33 bits per heavy atom. The Hall–Kier alpha value is -1.65. The summed E-state index contributed by atoms with van der Waals surface area (Å²) in [5.41, 5.74) is 1.91. The van der Waals surface area contributed by atoms with Gasteiger partial charge in [0.15, 0.2) is 0 Å². The molecule has 1 aromatic heterocycles. The normalized spacial score (nSPS) is 14.2. The van der Waals surface area contributed by atoms with Gasteiger partial charge in [-0.15, -0.1) is 0 Å². The van der Waals surface area contributed by atoms with Crippen LogP contribution in [0.3, 0.4) is 0 Å². The van der Waals surface area contributed by atoms with E-state index in [1.807, 2.05) is 13.8 Å². The first kappa shape index (κ1) is 9.89. The molecule has 1 aromatic rings. The molecule has 0 fully saturated rings. The van der Waals surface area contributed by atoms with E-state index >= 15 is 0 Å². The van der Waals surface area contributed by atoms with Crippen LogP contribution in [0.15, 0.2) is 12.5 Å². The van der Waals surface area contributed by atoms with Crippen LogP contribution in [-0.2, 0) is 17.8 Å². The van der Waals surface area contributed by atoms with Crippen molar-refractivity contribution in [3.05, 3.63) is 23.8 Å². The molecular formula is C10H13N3O2. The van der Waals surface area contributed by atoms with Gasteiger partial charge in [0.1, 0.15) is 6.33 Å². The number of carbonyl (C=O) groups excluding carboxylic acids is 1. The third-order valence-electron chi connectivity index (χ3n) is 2.18. The van der Waals surface area contributed by atoms with Crippen molar-refractivity contribution in [1.82, 2.24) is 14.9 Å². The molecule has 0 unspecified atom stereocenters. The Bertz CT molecular complexity index is 354. The van der Waals surface area contributed by atoms with Crippen molar-refractivity contribution >= 4 is 6.09 Å². The number of amides is 1. The quantitative estimate of drug-likeness (QED) is 0.697. The molecule has 0 saturated carbocycles. The van der Waals surface area contributed by atoms with Gasteiger partial charge in [-0.1, -0.05) is 0 Å². The predicted molar refractivity (Wildman–Crippen MR) is 52.9 cm³/mol. The molecule has 0 bridgehead atoms. The van der Waals surface area contributed by atoms with Crippen molar-refractivity contribution in [3.8, 4) is 0 Å². The van der Waals surface area contributed by atoms with E-state index in [-0.39, 0.29) is 12.2 Å². The zero-order valence-electron chi connectivity index (χ0n) is 8.80. The smallest absolute Gasteiger partial charge is 0.410 e. The third-order valence-corrected chi connectivity index (χ3v) is 2.18. The number of hydrogen-bond acceptors (Lipinski definition) is 4. The first-order chi connectivity index (χ1) is 7.16. The Balaban J connectivity index is 2.04. The number of ether oxygens (including phenoxy) is 1. The molecule has 0 spiro atoms. The number of aromatic nitrogens is 2. The summed E-state index contributed by atoms with van der Waals surface area (Å²) in [6.45, 7) is 4.73. The molecule has 1 aliphatic rings. The van der Waals surface area contributed by atoms with Gasteiger partial charge in [-0.3, -0.25) is 4.90 Å². The summed E-state index contributed by atoms with van der Waals surface area (Å²) in [4.78, 5) is 21.2. The van der Waals surface area contributed by atoms with Gasteiger partial charge < -0.3 is 4.74 Å². The molecule has 15 heavy (non-hydrogen) atoms. The van der Waals surface area contributed by atoms with Gasteiger partial charge in [-0.05, 0) is 13.8 Å². The lowest BCUT2D eigenvalue weighted by molar-refractivity contribution is 0.0758. The molecule has 1 amide bonds. The van der Waals surface area contributed by atoms with Gasteiger partial charge >= 0.3 is 6.09 Å². The minimum atomic E-state index is -0.289. The highest BCUT2D eigenvalue weighted by atomic mass is 16.6. The van der Waals surface area contributed by atoms with Crippen LogP contribution in [-0.4, -0.2) is 27.1 Å². The zero-order chi connectivity index (χ0) is 10.8. The Morgan fingerprint density at radius 3 is 3.00 bits per heavy atom. The van der Waals surface area contributed by atoms with Crippen molar-refractivity contribution in [2.75, 3.05) is 0 Å². The van der Waals surface area contributed by atoms with E-state index < -0.39 is 0 Å². The average Bonchev–Trinajstić information content (AvgIpc) is 2.59. The van der Waals surface area contributed by atoms with E-state index in [4.69, 9.17) is 4.74 Å². The second-order valence-electron chi connectivity index (χ2n) is 3.78. The van der Waals surface area contributed by atoms with Gasteiger partial charge in [-0.2, -0.15) is 0 Å². The summed E-state index contributed by atoms with van der Waals surface area (Å²) in [6.07, 6.45) is 2.86. The fourth-order valence-corrected chi connectivity index (χ4v) is 1.51. The molecule has 5 nitrogen and oxygen atoms in total. The monoisotopic (exact) mass is 207 g/mol. The Kier molecular flexibility index (Phi) is 2.53. The van der Waals surface area contributed by atoms with Crippen molar-refractivity contribution < 1.29 is 9.53 Å². The number of hydrogen-bond donors (Lipinski definition) is 0. The summed E-state index contributed by atoms with van der Waals surface area (Å²) >= 11 is 0. The first-order valence-corrected chi connectivity index (χ1v) is 4.90. The lowest BCUT2D eigenvalue weighted by Crippen LogP contribution is -2.28. The minimum Gasteiger partial charge on any atom is -0.447 e. The molecule has 5 heteroatoms. The molecular weight excluding hydrogens is 194 g/mol. The van der Waals surface area contributed by atoms with Crippen LogP contribution in [0.25, 0.3) is 0 Å². The maximum atomic E-state index is 11.6. The SMILES string of the molecule is CC(C)OC(=O)N1Cc2cncnc2C1. The molecule has 2 heterocycles. The molecule has 0 aromatic carbocycles. The number of fused-ring (bicyclic) bond motifs is 1. The van der Waals surface area contributed by atoms with Crippen LogP contribution in [0, 0.1) is 0 Å². The lowest BCUT2D eigenvalue weighted by Gasteiger charge is -2.16. The molecule has 0 atom stereocenters. The summed E-state index contributed by atoms with van der Waals surface area (Å²) in [7, 11) is 0. The van der Waals surface area contributed by atoms with Crippen LogP contribution < -0.4 is 0 Å². The topological polar surface area (TPSA) is 55.3 Å². The molecule has 80 valence electrons. The first-order valence-electron chi connectivity index (χ1n) is 4.90. The number of carbonyl (C=O) groups is 1. The number of nitrogens with zero attached hydrogens (tertiary/aromatic N) is 3. The van der Waals surface area contributed by atoms with Crippen LogP contribution in [0.4, 0.5) is 4.79 Å². The molecule has 0 radical (unpaired) electrons. The van der Waals surface area contributed by atoms with Crippen LogP contribution in [0.2, 0.25) is 0 Å². The van der Waals surface area contributed by atoms with Crippen molar-refractivity contribution in [2.24, 2.45) is 0 Å². The molecule has 0 N–H and O–H groups in total. The van der Waals surface area contributed by atoms with Crippen molar-refractivity contribution in [1.29, 1.82) is 0 Å². The van der Waals surface area contributed by atoms with Gasteiger partial charge in [0.05, 0.1) is 24.9 Å². The molecule has 0 aliphatic carbocycles. The Morgan fingerprint density at radius 1 is 1.53 bits per heavy atom. The maximum absolute atomic E-state index is 11.6. The summed E-state index contributed by atoms with van der Waals surface area (Å²) in [5.74, 6) is 0. The highest BCUT2D eigenvalue weighted by Crippen LogP contribution is 2.20.